The van der Waals surface area contributed by atoms with Gasteiger partial charge in [0.25, 0.3) is 0 Å². The Bertz CT molecular complexity index is 1350. The second-order valence-electron chi connectivity index (χ2n) is 10.1. The van der Waals surface area contributed by atoms with E-state index in [1.165, 1.54) is 12.1 Å². The largest absolute Gasteiger partial charge is 0.494 e. The second-order valence-corrected chi connectivity index (χ2v) is 10.1. The maximum atomic E-state index is 13.8. The molecule has 1 heterocycles. The minimum atomic E-state index is -4.50. The molecule has 1 unspecified atom stereocenters. The van der Waals surface area contributed by atoms with E-state index in [4.69, 9.17) is 15.2 Å². The molecule has 1 atom stereocenters. The van der Waals surface area contributed by atoms with E-state index in [9.17, 15) is 23.2 Å². The van der Waals surface area contributed by atoms with Gasteiger partial charge in [-0.15, -0.1) is 0 Å². The normalized spacial score (nSPS) is 19.3. The van der Waals surface area contributed by atoms with Gasteiger partial charge in [0.1, 0.15) is 17.3 Å². The molecule has 38 heavy (non-hydrogen) atoms. The average Bonchev–Trinajstić information content (AvgIpc) is 2.83. The molecular formula is C29H30F3N3O3. The van der Waals surface area contributed by atoms with Crippen molar-refractivity contribution in [2.45, 2.75) is 52.6 Å². The maximum absolute atomic E-state index is 13.8. The Balaban J connectivity index is 1.98. The van der Waals surface area contributed by atoms with Gasteiger partial charge in [-0.2, -0.15) is 18.4 Å². The number of hydrogen-bond acceptors (Lipinski definition) is 6. The summed E-state index contributed by atoms with van der Waals surface area (Å²) in [6.07, 6.45) is -3.82. The quantitative estimate of drug-likeness (QED) is 0.467. The van der Waals surface area contributed by atoms with Crippen molar-refractivity contribution < 1.29 is 27.4 Å². The van der Waals surface area contributed by atoms with Gasteiger partial charge in [0.05, 0.1) is 36.3 Å². The molecule has 0 radical (unpaired) electrons. The number of rotatable bonds is 6. The molecule has 2 aliphatic rings. The van der Waals surface area contributed by atoms with Crippen LogP contribution in [0.1, 0.15) is 57.6 Å². The third-order valence-electron chi connectivity index (χ3n) is 6.74. The summed E-state index contributed by atoms with van der Waals surface area (Å²) in [5.74, 6) is 0.145. The lowest BCUT2D eigenvalue weighted by Gasteiger charge is -2.44. The maximum Gasteiger partial charge on any atom is 0.416 e. The average molecular weight is 526 g/mol. The van der Waals surface area contributed by atoms with E-state index >= 15 is 0 Å². The Labute approximate surface area is 220 Å². The predicted octanol–water partition coefficient (Wildman–Crippen LogP) is 6.44. The Morgan fingerprint density at radius 1 is 1.08 bits per heavy atom. The van der Waals surface area contributed by atoms with Crippen molar-refractivity contribution in [1.29, 1.82) is 5.26 Å². The highest BCUT2D eigenvalue weighted by Gasteiger charge is 2.45. The van der Waals surface area contributed by atoms with E-state index < -0.39 is 23.1 Å². The fourth-order valence-electron chi connectivity index (χ4n) is 5.21. The molecule has 4 rings (SSSR count). The van der Waals surface area contributed by atoms with Crippen LogP contribution in [-0.2, 0) is 11.0 Å². The number of nitrogens with two attached hydrogens (primary N) is 1. The summed E-state index contributed by atoms with van der Waals surface area (Å²) in [5, 5.41) is 10.3. The molecule has 0 aromatic heterocycles. The van der Waals surface area contributed by atoms with Crippen LogP contribution in [0.2, 0.25) is 0 Å². The molecule has 6 nitrogen and oxygen atoms in total. The fourth-order valence-corrected chi connectivity index (χ4v) is 5.21. The Morgan fingerprint density at radius 2 is 1.74 bits per heavy atom. The van der Waals surface area contributed by atoms with Crippen LogP contribution in [0.3, 0.4) is 0 Å². The van der Waals surface area contributed by atoms with Gasteiger partial charge in [-0.1, -0.05) is 13.8 Å². The van der Waals surface area contributed by atoms with E-state index in [0.717, 1.165) is 12.1 Å². The van der Waals surface area contributed by atoms with Gasteiger partial charge < -0.3 is 15.2 Å². The number of nitriles is 1. The topological polar surface area (TPSA) is 88.6 Å². The number of carbonyl (C=O) groups is 1. The van der Waals surface area contributed by atoms with Crippen LogP contribution < -0.4 is 20.1 Å². The van der Waals surface area contributed by atoms with Crippen LogP contribution in [0.5, 0.6) is 11.5 Å². The standard InChI is InChI=1S/C29H30F3N3O3/c1-5-37-19-11-12-24(38-6-2)20(13-19)25-21(16-33)27(34)35(18-9-7-17(8-10-18)29(30,31)32)22-14-28(3,4)15-23(36)26(22)25/h7-13,25H,5-6,14-15,34H2,1-4H3. The van der Waals surface area contributed by atoms with E-state index in [2.05, 4.69) is 6.07 Å². The summed E-state index contributed by atoms with van der Waals surface area (Å²) >= 11 is 0. The summed E-state index contributed by atoms with van der Waals surface area (Å²) in [6, 6.07) is 12.0. The van der Waals surface area contributed by atoms with E-state index in [1.54, 1.807) is 23.1 Å². The van der Waals surface area contributed by atoms with Crippen LogP contribution in [0, 0.1) is 16.7 Å². The van der Waals surface area contributed by atoms with Gasteiger partial charge in [-0.25, -0.2) is 0 Å². The number of alkyl halides is 3. The third-order valence-corrected chi connectivity index (χ3v) is 6.74. The molecule has 0 fully saturated rings. The third kappa shape index (κ3) is 4.95. The van der Waals surface area contributed by atoms with Gasteiger partial charge in [-0.3, -0.25) is 9.69 Å². The molecule has 1 aliphatic heterocycles. The first-order valence-electron chi connectivity index (χ1n) is 12.4. The second kappa shape index (κ2) is 10.1. The summed E-state index contributed by atoms with van der Waals surface area (Å²) in [7, 11) is 0. The first-order chi connectivity index (χ1) is 17.9. The van der Waals surface area contributed by atoms with Crippen molar-refractivity contribution in [2.24, 2.45) is 11.1 Å². The van der Waals surface area contributed by atoms with Crippen molar-refractivity contribution in [3.63, 3.8) is 0 Å². The number of halogens is 3. The fraction of sp³-hybridized carbons (Fsp3) is 0.379. The zero-order valence-electron chi connectivity index (χ0n) is 21.8. The molecule has 0 saturated carbocycles. The molecule has 0 bridgehead atoms. The summed E-state index contributed by atoms with van der Waals surface area (Å²) in [6.45, 7) is 8.38. The summed E-state index contributed by atoms with van der Waals surface area (Å²) < 4.78 is 51.3. The number of hydrogen-bond donors (Lipinski definition) is 1. The SMILES string of the molecule is CCOc1ccc(OCC)c(C2C(C#N)=C(N)N(c3ccc(C(F)(F)F)cc3)C3=C2C(=O)CC(C)(C)C3)c1. The highest BCUT2D eigenvalue weighted by Crippen LogP contribution is 2.52. The number of ether oxygens (including phenoxy) is 2. The van der Waals surface area contributed by atoms with Crippen molar-refractivity contribution in [3.8, 4) is 17.6 Å². The monoisotopic (exact) mass is 525 g/mol. The highest BCUT2D eigenvalue weighted by molar-refractivity contribution is 6.02. The van der Waals surface area contributed by atoms with Gasteiger partial charge in [0.2, 0.25) is 0 Å². The molecule has 0 spiro atoms. The molecular weight excluding hydrogens is 495 g/mol. The molecule has 0 amide bonds. The zero-order valence-corrected chi connectivity index (χ0v) is 21.8. The molecule has 1 aliphatic carbocycles. The van der Waals surface area contributed by atoms with Gasteiger partial charge in [0, 0.05) is 28.9 Å². The smallest absolute Gasteiger partial charge is 0.416 e. The Morgan fingerprint density at radius 3 is 2.32 bits per heavy atom. The molecule has 2 N–H and O–H groups in total. The van der Waals surface area contributed by atoms with Gasteiger partial charge >= 0.3 is 6.18 Å². The van der Waals surface area contributed by atoms with Crippen LogP contribution in [0.25, 0.3) is 0 Å². The lowest BCUT2D eigenvalue weighted by Crippen LogP contribution is -2.42. The van der Waals surface area contributed by atoms with Crippen molar-refractivity contribution in [3.05, 3.63) is 76.3 Å². The molecule has 2 aromatic carbocycles. The lowest BCUT2D eigenvalue weighted by molar-refractivity contribution is -0.137. The molecule has 2 aromatic rings. The van der Waals surface area contributed by atoms with Crippen LogP contribution >= 0.6 is 0 Å². The molecule has 200 valence electrons. The number of ketones is 1. The van der Waals surface area contributed by atoms with Crippen LogP contribution in [0.15, 0.2) is 65.1 Å². The Hall–Kier alpha value is -3.93. The van der Waals surface area contributed by atoms with Gasteiger partial charge in [-0.05, 0) is 68.1 Å². The van der Waals surface area contributed by atoms with Crippen molar-refractivity contribution in [1.82, 2.24) is 0 Å². The minimum absolute atomic E-state index is 0.0609. The van der Waals surface area contributed by atoms with Crippen molar-refractivity contribution in [2.75, 3.05) is 18.1 Å². The number of carbonyl (C=O) groups excluding carboxylic acids is 1. The van der Waals surface area contributed by atoms with E-state index in [0.29, 0.717) is 53.7 Å². The number of Topliss-reactive ketones (excluding diaryl/α,β-unsaturated/α-hetero) is 1. The van der Waals surface area contributed by atoms with E-state index in [1.807, 2.05) is 27.7 Å². The number of allylic oxidation sites excluding steroid dienone is 3. The zero-order chi connectivity index (χ0) is 27.8. The van der Waals surface area contributed by atoms with E-state index in [-0.39, 0.29) is 23.6 Å². The predicted molar refractivity (Wildman–Crippen MR) is 137 cm³/mol. The lowest BCUT2D eigenvalue weighted by atomic mass is 9.68. The molecule has 9 heteroatoms. The van der Waals surface area contributed by atoms with Crippen molar-refractivity contribution >= 4 is 11.5 Å². The number of benzene rings is 2. The highest BCUT2D eigenvalue weighted by atomic mass is 19.4. The van der Waals surface area contributed by atoms with Crippen LogP contribution in [0.4, 0.5) is 18.9 Å². The van der Waals surface area contributed by atoms with Crippen LogP contribution in [-0.4, -0.2) is 19.0 Å². The Kier molecular flexibility index (Phi) is 7.20. The summed E-state index contributed by atoms with van der Waals surface area (Å²) in [4.78, 5) is 15.3. The minimum Gasteiger partial charge on any atom is -0.494 e. The number of nitrogens with zero attached hydrogens (tertiary/aromatic N) is 2. The number of anilines is 1. The summed E-state index contributed by atoms with van der Waals surface area (Å²) in [5.41, 5.74) is 7.38. The molecule has 0 saturated heterocycles. The first kappa shape index (κ1) is 27.1. The first-order valence-corrected chi connectivity index (χ1v) is 12.4. The van der Waals surface area contributed by atoms with Gasteiger partial charge in [0.15, 0.2) is 5.78 Å².